The van der Waals surface area contributed by atoms with Gasteiger partial charge in [-0.3, -0.25) is 4.68 Å². The highest BCUT2D eigenvalue weighted by Gasteiger charge is 2.41. The van der Waals surface area contributed by atoms with E-state index < -0.39 is 10.0 Å². The summed E-state index contributed by atoms with van der Waals surface area (Å²) in [7, 11) is -1.98. The van der Waals surface area contributed by atoms with E-state index >= 15 is 0 Å². The van der Waals surface area contributed by atoms with Gasteiger partial charge in [0, 0.05) is 44.8 Å². The lowest BCUT2D eigenvalue weighted by molar-refractivity contribution is 0.223. The predicted octanol–water partition coefficient (Wildman–Crippen LogP) is 0.353. The third-order valence-corrected chi connectivity index (χ3v) is 6.53. The first-order valence-electron chi connectivity index (χ1n) is 7.81. The Bertz CT molecular complexity index is 1010. The van der Waals surface area contributed by atoms with Crippen molar-refractivity contribution in [1.29, 1.82) is 0 Å². The molecule has 10 heteroatoms. The maximum absolute atomic E-state index is 13.1. The van der Waals surface area contributed by atoms with Crippen LogP contribution in [0.4, 0.5) is 0 Å². The summed E-state index contributed by atoms with van der Waals surface area (Å²) in [6, 6.07) is 4.74. The van der Waals surface area contributed by atoms with E-state index in [1.54, 1.807) is 30.1 Å². The number of benzene rings is 1. The molecule has 132 valence electrons. The van der Waals surface area contributed by atoms with Crippen molar-refractivity contribution in [1.82, 2.24) is 24.4 Å². The molecule has 1 saturated heterocycles. The second-order valence-electron chi connectivity index (χ2n) is 6.21. The zero-order valence-electron chi connectivity index (χ0n) is 13.5. The summed E-state index contributed by atoms with van der Waals surface area (Å²) in [6.07, 6.45) is 3.57. The van der Waals surface area contributed by atoms with Crippen LogP contribution < -0.4 is 0 Å². The molecule has 1 N–H and O–H groups in total. The van der Waals surface area contributed by atoms with E-state index in [0.717, 1.165) is 5.56 Å². The van der Waals surface area contributed by atoms with Gasteiger partial charge in [-0.05, 0) is 28.0 Å². The molecule has 0 amide bonds. The summed E-state index contributed by atoms with van der Waals surface area (Å²) in [5, 5.41) is 21.3. The van der Waals surface area contributed by atoms with Crippen LogP contribution in [-0.2, 0) is 17.1 Å². The first kappa shape index (κ1) is 16.2. The quantitative estimate of drug-likeness (QED) is 0.711. The second-order valence-corrected chi connectivity index (χ2v) is 8.11. The zero-order valence-corrected chi connectivity index (χ0v) is 14.3. The van der Waals surface area contributed by atoms with Crippen molar-refractivity contribution in [3.63, 3.8) is 0 Å². The van der Waals surface area contributed by atoms with E-state index in [-0.39, 0.29) is 41.9 Å². The Morgan fingerprint density at radius 1 is 1.32 bits per heavy atom. The van der Waals surface area contributed by atoms with Crippen molar-refractivity contribution in [3.05, 3.63) is 36.2 Å². The smallest absolute Gasteiger partial charge is 0.245 e. The summed E-state index contributed by atoms with van der Waals surface area (Å²) in [4.78, 5) is 0.0646. The topological polar surface area (TPSA) is 114 Å². The first-order valence-corrected chi connectivity index (χ1v) is 9.25. The minimum Gasteiger partial charge on any atom is -0.396 e. The number of aromatic nitrogens is 4. The summed E-state index contributed by atoms with van der Waals surface area (Å²) >= 11 is 0. The SMILES string of the molecule is Cn1cc([C@@H]2CN(S(=O)(=O)c3cccc4nonc34)C[C@H]2CO)cn1. The molecule has 4 rings (SSSR count). The molecule has 0 unspecified atom stereocenters. The van der Waals surface area contributed by atoms with E-state index in [4.69, 9.17) is 0 Å². The van der Waals surface area contributed by atoms with Crippen LogP contribution in [0.15, 0.2) is 40.1 Å². The van der Waals surface area contributed by atoms with E-state index in [0.29, 0.717) is 5.52 Å². The van der Waals surface area contributed by atoms with Gasteiger partial charge in [0.25, 0.3) is 0 Å². The fourth-order valence-electron chi connectivity index (χ4n) is 3.35. The summed E-state index contributed by atoms with van der Waals surface area (Å²) in [6.45, 7) is 0.419. The summed E-state index contributed by atoms with van der Waals surface area (Å²) in [5.41, 5.74) is 1.52. The summed E-state index contributed by atoms with van der Waals surface area (Å²) < 4.78 is 33.9. The molecule has 25 heavy (non-hydrogen) atoms. The third kappa shape index (κ3) is 2.62. The van der Waals surface area contributed by atoms with Crippen LogP contribution in [0.3, 0.4) is 0 Å². The highest BCUT2D eigenvalue weighted by atomic mass is 32.2. The van der Waals surface area contributed by atoms with Gasteiger partial charge in [-0.1, -0.05) is 6.07 Å². The molecule has 0 radical (unpaired) electrons. The van der Waals surface area contributed by atoms with Crippen LogP contribution in [0.2, 0.25) is 0 Å². The Morgan fingerprint density at radius 2 is 2.16 bits per heavy atom. The van der Waals surface area contributed by atoms with Gasteiger partial charge in [-0.2, -0.15) is 9.40 Å². The number of nitrogens with zero attached hydrogens (tertiary/aromatic N) is 5. The Morgan fingerprint density at radius 3 is 2.88 bits per heavy atom. The van der Waals surface area contributed by atoms with Crippen molar-refractivity contribution < 1.29 is 18.2 Å². The molecule has 3 heterocycles. The minimum atomic E-state index is -3.78. The molecular formula is C15H17N5O4S. The Balaban J connectivity index is 1.71. The van der Waals surface area contributed by atoms with Gasteiger partial charge < -0.3 is 5.11 Å². The average molecular weight is 363 g/mol. The molecule has 9 nitrogen and oxygen atoms in total. The molecule has 1 aromatic carbocycles. The largest absolute Gasteiger partial charge is 0.396 e. The molecule has 0 saturated carbocycles. The van der Waals surface area contributed by atoms with E-state index in [1.807, 2.05) is 6.20 Å². The van der Waals surface area contributed by atoms with Gasteiger partial charge in [-0.15, -0.1) is 0 Å². The number of aliphatic hydroxyl groups is 1. The fraction of sp³-hybridized carbons (Fsp3) is 0.400. The Labute approximate surface area is 143 Å². The van der Waals surface area contributed by atoms with Gasteiger partial charge >= 0.3 is 0 Å². The molecule has 2 atom stereocenters. The summed E-state index contributed by atoms with van der Waals surface area (Å²) in [5.74, 6) is -0.295. The third-order valence-electron chi connectivity index (χ3n) is 4.66. The standard InChI is InChI=1S/C15H17N5O4S/c1-19-6-10(5-16-19)12-8-20(7-11(12)9-21)25(22,23)14-4-2-3-13-15(14)18-24-17-13/h2-6,11-12,21H,7-9H2,1H3/t11-,12-/m0/s1. The highest BCUT2D eigenvalue weighted by molar-refractivity contribution is 7.89. The number of hydrogen-bond donors (Lipinski definition) is 1. The van der Waals surface area contributed by atoms with Crippen molar-refractivity contribution in [3.8, 4) is 0 Å². The normalized spacial score (nSPS) is 22.0. The highest BCUT2D eigenvalue weighted by Crippen LogP contribution is 2.36. The van der Waals surface area contributed by atoms with Crippen molar-refractivity contribution in [2.75, 3.05) is 19.7 Å². The molecule has 0 spiro atoms. The van der Waals surface area contributed by atoms with Crippen LogP contribution in [0, 0.1) is 5.92 Å². The first-order chi connectivity index (χ1) is 12.0. The molecular weight excluding hydrogens is 346 g/mol. The maximum atomic E-state index is 13.1. The van der Waals surface area contributed by atoms with Crippen molar-refractivity contribution >= 4 is 21.1 Å². The zero-order chi connectivity index (χ0) is 17.6. The van der Waals surface area contributed by atoms with Crippen LogP contribution in [-0.4, -0.2) is 57.6 Å². The van der Waals surface area contributed by atoms with Crippen LogP contribution in [0.1, 0.15) is 11.5 Å². The molecule has 1 fully saturated rings. The van der Waals surface area contributed by atoms with Crippen LogP contribution in [0.25, 0.3) is 11.0 Å². The number of aryl methyl sites for hydroxylation is 1. The van der Waals surface area contributed by atoms with Crippen LogP contribution >= 0.6 is 0 Å². The molecule has 0 bridgehead atoms. The lowest BCUT2D eigenvalue weighted by atomic mass is 9.92. The molecule has 2 aromatic heterocycles. The van der Waals surface area contributed by atoms with Gasteiger partial charge in [0.05, 0.1) is 6.20 Å². The Kier molecular flexibility index (Phi) is 3.82. The van der Waals surface area contributed by atoms with E-state index in [1.165, 1.54) is 10.4 Å². The molecule has 3 aromatic rings. The van der Waals surface area contributed by atoms with E-state index in [9.17, 15) is 13.5 Å². The molecule has 1 aliphatic rings. The second kappa shape index (κ2) is 5.90. The van der Waals surface area contributed by atoms with Gasteiger partial charge in [0.2, 0.25) is 10.0 Å². The number of rotatable bonds is 4. The Hall–Kier alpha value is -2.30. The monoisotopic (exact) mass is 363 g/mol. The number of sulfonamides is 1. The average Bonchev–Trinajstić information content (AvgIpc) is 3.32. The predicted molar refractivity (Wildman–Crippen MR) is 87.1 cm³/mol. The molecule has 0 aliphatic carbocycles. The van der Waals surface area contributed by atoms with Crippen molar-refractivity contribution in [2.24, 2.45) is 13.0 Å². The van der Waals surface area contributed by atoms with E-state index in [2.05, 4.69) is 20.0 Å². The maximum Gasteiger partial charge on any atom is 0.245 e. The van der Waals surface area contributed by atoms with Gasteiger partial charge in [0.15, 0.2) is 5.52 Å². The lowest BCUT2D eigenvalue weighted by Crippen LogP contribution is -2.29. The lowest BCUT2D eigenvalue weighted by Gasteiger charge is -2.16. The minimum absolute atomic E-state index is 0.0646. The van der Waals surface area contributed by atoms with Gasteiger partial charge in [-0.25, -0.2) is 13.0 Å². The number of aliphatic hydroxyl groups excluding tert-OH is 1. The van der Waals surface area contributed by atoms with Gasteiger partial charge in [0.1, 0.15) is 10.4 Å². The fourth-order valence-corrected chi connectivity index (χ4v) is 5.01. The number of fused-ring (bicyclic) bond motifs is 1. The van der Waals surface area contributed by atoms with Crippen molar-refractivity contribution in [2.45, 2.75) is 10.8 Å². The molecule has 1 aliphatic heterocycles. The van der Waals surface area contributed by atoms with Crippen LogP contribution in [0.5, 0.6) is 0 Å². The number of hydrogen-bond acceptors (Lipinski definition) is 7.